The van der Waals surface area contributed by atoms with Crippen molar-refractivity contribution >= 4 is 17.4 Å². The smallest absolute Gasteiger partial charge is 0.255 e. The maximum Gasteiger partial charge on any atom is 0.255 e. The van der Waals surface area contributed by atoms with E-state index in [-0.39, 0.29) is 18.2 Å². The fraction of sp³-hybridized carbons (Fsp3) is 0.100. The summed E-state index contributed by atoms with van der Waals surface area (Å²) in [6.07, 6.45) is 1.61. The first-order valence-electron chi connectivity index (χ1n) is 8.09. The summed E-state index contributed by atoms with van der Waals surface area (Å²) >= 11 is 0. The van der Waals surface area contributed by atoms with Gasteiger partial charge in [0.05, 0.1) is 18.4 Å². The van der Waals surface area contributed by atoms with Crippen LogP contribution in [-0.2, 0) is 6.54 Å². The number of para-hydroxylation sites is 3. The molecule has 6 heteroatoms. The van der Waals surface area contributed by atoms with Crippen LogP contribution in [0.3, 0.4) is 0 Å². The van der Waals surface area contributed by atoms with Crippen LogP contribution in [-0.4, -0.2) is 23.1 Å². The first-order chi connectivity index (χ1) is 12.7. The third kappa shape index (κ3) is 3.92. The normalized spacial score (nSPS) is 10.2. The maximum atomic E-state index is 12.6. The molecule has 2 aromatic carbocycles. The molecule has 0 aliphatic rings. The first-order valence-corrected chi connectivity index (χ1v) is 8.09. The second-order valence-electron chi connectivity index (χ2n) is 5.54. The maximum absolute atomic E-state index is 12.6. The van der Waals surface area contributed by atoms with E-state index in [2.05, 4.69) is 15.6 Å². The third-order valence-corrected chi connectivity index (χ3v) is 3.84. The van der Waals surface area contributed by atoms with Gasteiger partial charge in [0.2, 0.25) is 0 Å². The molecule has 0 fully saturated rings. The quantitative estimate of drug-likeness (QED) is 0.635. The van der Waals surface area contributed by atoms with E-state index in [0.29, 0.717) is 28.4 Å². The van der Waals surface area contributed by atoms with Gasteiger partial charge in [-0.25, -0.2) is 4.98 Å². The van der Waals surface area contributed by atoms with Gasteiger partial charge in [0.15, 0.2) is 0 Å². The Balaban J connectivity index is 1.78. The van der Waals surface area contributed by atoms with Gasteiger partial charge in [0.1, 0.15) is 17.3 Å². The van der Waals surface area contributed by atoms with Crippen LogP contribution in [0.25, 0.3) is 0 Å². The molecule has 0 aliphatic heterocycles. The van der Waals surface area contributed by atoms with Gasteiger partial charge in [-0.05, 0) is 30.3 Å². The molecule has 6 nitrogen and oxygen atoms in total. The van der Waals surface area contributed by atoms with Crippen LogP contribution in [0.5, 0.6) is 11.5 Å². The monoisotopic (exact) mass is 349 g/mol. The summed E-state index contributed by atoms with van der Waals surface area (Å²) in [4.78, 5) is 16.9. The highest BCUT2D eigenvalue weighted by Gasteiger charge is 2.14. The number of phenols is 1. The molecule has 3 rings (SSSR count). The van der Waals surface area contributed by atoms with Crippen molar-refractivity contribution in [3.05, 3.63) is 78.0 Å². The fourth-order valence-electron chi connectivity index (χ4n) is 2.49. The minimum atomic E-state index is -0.293. The van der Waals surface area contributed by atoms with Crippen molar-refractivity contribution in [1.29, 1.82) is 0 Å². The van der Waals surface area contributed by atoms with E-state index in [9.17, 15) is 9.90 Å². The number of phenolic OH excluding ortho intramolecular Hbond substituents is 1. The molecule has 26 heavy (non-hydrogen) atoms. The molecule has 0 saturated heterocycles. The first kappa shape index (κ1) is 17.3. The molecule has 0 saturated carbocycles. The zero-order valence-corrected chi connectivity index (χ0v) is 14.3. The Morgan fingerprint density at radius 2 is 1.85 bits per heavy atom. The summed E-state index contributed by atoms with van der Waals surface area (Å²) in [6.45, 7) is 0.217. The minimum absolute atomic E-state index is 0.145. The van der Waals surface area contributed by atoms with Crippen LogP contribution in [0.1, 0.15) is 15.9 Å². The largest absolute Gasteiger partial charge is 0.508 e. The van der Waals surface area contributed by atoms with Gasteiger partial charge in [-0.2, -0.15) is 0 Å². The van der Waals surface area contributed by atoms with Gasteiger partial charge in [-0.3, -0.25) is 4.79 Å². The lowest BCUT2D eigenvalue weighted by atomic mass is 10.2. The number of amides is 1. The Morgan fingerprint density at radius 1 is 1.08 bits per heavy atom. The van der Waals surface area contributed by atoms with E-state index < -0.39 is 0 Å². The van der Waals surface area contributed by atoms with Crippen molar-refractivity contribution in [3.8, 4) is 11.5 Å². The second kappa shape index (κ2) is 8.02. The molecule has 0 unspecified atom stereocenters. The lowest BCUT2D eigenvalue weighted by Crippen LogP contribution is -2.24. The van der Waals surface area contributed by atoms with Gasteiger partial charge in [-0.1, -0.05) is 30.3 Å². The molecule has 3 N–H and O–H groups in total. The molecule has 1 amide bonds. The number of carbonyl (C=O) groups excluding carboxylic acids is 1. The number of methoxy groups -OCH3 is 1. The summed E-state index contributed by atoms with van der Waals surface area (Å²) in [7, 11) is 1.58. The van der Waals surface area contributed by atoms with Gasteiger partial charge in [0, 0.05) is 18.3 Å². The molecule has 3 aromatic rings. The van der Waals surface area contributed by atoms with Gasteiger partial charge in [0.25, 0.3) is 5.91 Å². The molecule has 0 radical (unpaired) electrons. The predicted octanol–water partition coefficient (Wildman–Crippen LogP) is 3.47. The highest BCUT2D eigenvalue weighted by atomic mass is 16.5. The number of benzene rings is 2. The zero-order valence-electron chi connectivity index (χ0n) is 14.3. The Labute approximate surface area is 151 Å². The number of hydrogen-bond donors (Lipinski definition) is 3. The number of nitrogens with zero attached hydrogens (tertiary/aromatic N) is 1. The van der Waals surface area contributed by atoms with Gasteiger partial charge >= 0.3 is 0 Å². The summed E-state index contributed by atoms with van der Waals surface area (Å²) in [5, 5.41) is 15.7. The average molecular weight is 349 g/mol. The van der Waals surface area contributed by atoms with Crippen LogP contribution < -0.4 is 15.4 Å². The highest BCUT2D eigenvalue weighted by Crippen LogP contribution is 2.27. The third-order valence-electron chi connectivity index (χ3n) is 3.84. The number of aromatic hydroxyl groups is 1. The number of nitrogens with one attached hydrogen (secondary N) is 2. The Kier molecular flexibility index (Phi) is 5.34. The van der Waals surface area contributed by atoms with E-state index in [1.807, 2.05) is 24.3 Å². The van der Waals surface area contributed by atoms with E-state index in [0.717, 1.165) is 0 Å². The van der Waals surface area contributed by atoms with E-state index in [1.165, 1.54) is 0 Å². The SMILES string of the molecule is COc1ccccc1Nc1ncccc1C(=O)NCc1ccccc1O. The molecule has 1 heterocycles. The number of anilines is 2. The van der Waals surface area contributed by atoms with Crippen LogP contribution in [0.15, 0.2) is 66.9 Å². The van der Waals surface area contributed by atoms with E-state index >= 15 is 0 Å². The molecule has 1 aromatic heterocycles. The molecule has 132 valence electrons. The van der Waals surface area contributed by atoms with Gasteiger partial charge < -0.3 is 20.5 Å². The molecule has 0 aliphatic carbocycles. The van der Waals surface area contributed by atoms with E-state index in [1.54, 1.807) is 49.7 Å². The van der Waals surface area contributed by atoms with Crippen molar-refractivity contribution in [2.24, 2.45) is 0 Å². The second-order valence-corrected chi connectivity index (χ2v) is 5.54. The van der Waals surface area contributed by atoms with Crippen LogP contribution in [0, 0.1) is 0 Å². The standard InChI is InChI=1S/C20H19N3O3/c1-26-18-11-5-3-9-16(18)23-19-15(8-6-12-21-19)20(25)22-13-14-7-2-4-10-17(14)24/h2-12,24H,13H2,1H3,(H,21,23)(H,22,25). The van der Waals surface area contributed by atoms with Crippen molar-refractivity contribution in [2.75, 3.05) is 12.4 Å². The fourth-order valence-corrected chi connectivity index (χ4v) is 2.49. The Hall–Kier alpha value is -3.54. The number of pyridine rings is 1. The lowest BCUT2D eigenvalue weighted by Gasteiger charge is -2.13. The Bertz CT molecular complexity index is 912. The Morgan fingerprint density at radius 3 is 2.65 bits per heavy atom. The molecular formula is C20H19N3O3. The predicted molar refractivity (Wildman–Crippen MR) is 99.8 cm³/mol. The molecule has 0 atom stereocenters. The van der Waals surface area contributed by atoms with Crippen molar-refractivity contribution in [3.63, 3.8) is 0 Å². The topological polar surface area (TPSA) is 83.5 Å². The summed E-state index contributed by atoms with van der Waals surface area (Å²) in [5.41, 5.74) is 1.75. The van der Waals surface area contributed by atoms with Crippen LogP contribution in [0.2, 0.25) is 0 Å². The minimum Gasteiger partial charge on any atom is -0.508 e. The molecule has 0 spiro atoms. The molecular weight excluding hydrogens is 330 g/mol. The number of aromatic nitrogens is 1. The highest BCUT2D eigenvalue weighted by molar-refractivity contribution is 5.99. The number of ether oxygens (including phenoxy) is 1. The van der Waals surface area contributed by atoms with Crippen LogP contribution in [0.4, 0.5) is 11.5 Å². The van der Waals surface area contributed by atoms with E-state index in [4.69, 9.17) is 4.74 Å². The zero-order chi connectivity index (χ0) is 18.4. The lowest BCUT2D eigenvalue weighted by molar-refractivity contribution is 0.0951. The summed E-state index contributed by atoms with van der Waals surface area (Å²) in [5.74, 6) is 0.926. The van der Waals surface area contributed by atoms with Crippen molar-refractivity contribution in [1.82, 2.24) is 10.3 Å². The number of rotatable bonds is 6. The number of carbonyl (C=O) groups is 1. The number of hydrogen-bond acceptors (Lipinski definition) is 5. The summed E-state index contributed by atoms with van der Waals surface area (Å²) in [6, 6.07) is 17.7. The van der Waals surface area contributed by atoms with Crippen LogP contribution >= 0.6 is 0 Å². The van der Waals surface area contributed by atoms with Crippen molar-refractivity contribution < 1.29 is 14.6 Å². The average Bonchev–Trinajstić information content (AvgIpc) is 2.68. The van der Waals surface area contributed by atoms with Gasteiger partial charge in [-0.15, -0.1) is 0 Å². The molecule has 0 bridgehead atoms. The summed E-state index contributed by atoms with van der Waals surface area (Å²) < 4.78 is 5.32. The van der Waals surface area contributed by atoms with Crippen molar-refractivity contribution in [2.45, 2.75) is 6.54 Å².